The average molecular weight is 402 g/mol. The Kier molecular flexibility index (Phi) is 6.30. The largest absolute Gasteiger partial charge is 0.368 e. The Bertz CT molecular complexity index is 712. The van der Waals surface area contributed by atoms with E-state index in [-0.39, 0.29) is 16.5 Å². The van der Waals surface area contributed by atoms with Crippen molar-refractivity contribution in [2.45, 2.75) is 31.7 Å². The van der Waals surface area contributed by atoms with Crippen molar-refractivity contribution in [1.82, 2.24) is 14.7 Å². The fourth-order valence-electron chi connectivity index (χ4n) is 4.85. The zero-order chi connectivity index (χ0) is 20.2. The van der Waals surface area contributed by atoms with Crippen LogP contribution in [-0.4, -0.2) is 90.5 Å². The molecule has 3 saturated heterocycles. The van der Waals surface area contributed by atoms with E-state index in [2.05, 4.69) is 14.7 Å². The van der Waals surface area contributed by atoms with Gasteiger partial charge in [-0.05, 0) is 57.5 Å². The van der Waals surface area contributed by atoms with E-state index in [1.54, 1.807) is 24.3 Å². The lowest BCUT2D eigenvalue weighted by Gasteiger charge is -2.37. The molecule has 1 unspecified atom stereocenters. The quantitative estimate of drug-likeness (QED) is 0.535. The molecule has 1 atom stereocenters. The third kappa shape index (κ3) is 4.87. The Hall–Kier alpha value is -2.19. The van der Waals surface area contributed by atoms with Gasteiger partial charge in [-0.25, -0.2) is 0 Å². The number of nitro groups is 1. The van der Waals surface area contributed by atoms with Gasteiger partial charge in [0.25, 0.3) is 5.69 Å². The maximum atomic E-state index is 12.9. The number of anilines is 1. The van der Waals surface area contributed by atoms with Crippen LogP contribution < -0.4 is 4.90 Å². The van der Waals surface area contributed by atoms with E-state index >= 15 is 0 Å². The summed E-state index contributed by atoms with van der Waals surface area (Å²) in [5, 5.41) is 10.8. The highest BCUT2D eigenvalue weighted by Crippen LogP contribution is 2.22. The molecule has 3 fully saturated rings. The molecule has 4 rings (SSSR count). The number of hydrogen-bond donors (Lipinski definition) is 0. The van der Waals surface area contributed by atoms with Gasteiger partial charge in [0.1, 0.15) is 0 Å². The topological polar surface area (TPSA) is 73.2 Å². The molecule has 3 aliphatic heterocycles. The van der Waals surface area contributed by atoms with Gasteiger partial charge in [0.15, 0.2) is 0 Å². The Labute approximate surface area is 172 Å². The first kappa shape index (κ1) is 20.1. The average Bonchev–Trinajstić information content (AvgIpc) is 3.41. The van der Waals surface area contributed by atoms with Crippen LogP contribution in [0.2, 0.25) is 0 Å². The van der Waals surface area contributed by atoms with Crippen molar-refractivity contribution in [3.05, 3.63) is 34.4 Å². The molecule has 8 nitrogen and oxygen atoms in total. The first-order valence-corrected chi connectivity index (χ1v) is 10.8. The molecule has 0 spiro atoms. The van der Waals surface area contributed by atoms with Gasteiger partial charge in [0, 0.05) is 56.6 Å². The lowest BCUT2D eigenvalue weighted by molar-refractivity contribution is -0.384. The lowest BCUT2D eigenvalue weighted by atomic mass is 10.2. The van der Waals surface area contributed by atoms with Crippen molar-refractivity contribution in [3.8, 4) is 0 Å². The number of non-ortho nitro benzene ring substituents is 1. The van der Waals surface area contributed by atoms with Crippen LogP contribution in [0.5, 0.6) is 0 Å². The maximum absolute atomic E-state index is 12.9. The molecule has 0 aliphatic carbocycles. The van der Waals surface area contributed by atoms with Crippen molar-refractivity contribution < 1.29 is 9.72 Å². The summed E-state index contributed by atoms with van der Waals surface area (Å²) in [6.07, 6.45) is 5.02. The number of carbonyl (C=O) groups excluding carboxylic acids is 1. The van der Waals surface area contributed by atoms with Gasteiger partial charge in [-0.2, -0.15) is 0 Å². The molecule has 8 heteroatoms. The number of nitro benzene ring substituents is 1. The molecule has 158 valence electrons. The molecular weight excluding hydrogens is 370 g/mol. The number of nitrogens with zero attached hydrogens (tertiary/aromatic N) is 5. The number of likely N-dealkylation sites (tertiary alicyclic amines) is 2. The first-order chi connectivity index (χ1) is 14.1. The van der Waals surface area contributed by atoms with Crippen LogP contribution in [0.15, 0.2) is 24.3 Å². The van der Waals surface area contributed by atoms with Crippen molar-refractivity contribution in [1.29, 1.82) is 0 Å². The van der Waals surface area contributed by atoms with Crippen LogP contribution in [0.3, 0.4) is 0 Å². The van der Waals surface area contributed by atoms with Crippen molar-refractivity contribution in [2.24, 2.45) is 0 Å². The van der Waals surface area contributed by atoms with Crippen LogP contribution in [0.25, 0.3) is 0 Å². The monoisotopic (exact) mass is 401 g/mol. The number of amides is 1. The van der Waals surface area contributed by atoms with Gasteiger partial charge in [-0.3, -0.25) is 19.8 Å². The summed E-state index contributed by atoms with van der Waals surface area (Å²) in [5.74, 6) is 0.238. The zero-order valence-corrected chi connectivity index (χ0v) is 17.0. The number of hydrogen-bond acceptors (Lipinski definition) is 6. The molecule has 0 saturated carbocycles. The minimum absolute atomic E-state index is 0.108. The first-order valence-electron chi connectivity index (χ1n) is 10.8. The smallest absolute Gasteiger partial charge is 0.269 e. The van der Waals surface area contributed by atoms with Crippen LogP contribution in [0, 0.1) is 10.1 Å². The molecule has 3 aliphatic rings. The number of piperazine rings is 1. The predicted octanol–water partition coefficient (Wildman–Crippen LogP) is 1.80. The van der Waals surface area contributed by atoms with Crippen LogP contribution in [0.1, 0.15) is 25.7 Å². The molecule has 1 amide bonds. The predicted molar refractivity (Wildman–Crippen MR) is 112 cm³/mol. The Balaban J connectivity index is 1.25. The second kappa shape index (κ2) is 9.09. The van der Waals surface area contributed by atoms with Gasteiger partial charge in [0.2, 0.25) is 5.91 Å². The molecule has 1 aromatic carbocycles. The second-order valence-corrected chi connectivity index (χ2v) is 8.42. The number of rotatable bonds is 6. The van der Waals surface area contributed by atoms with E-state index in [0.29, 0.717) is 25.7 Å². The van der Waals surface area contributed by atoms with Crippen LogP contribution in [0.4, 0.5) is 11.4 Å². The van der Waals surface area contributed by atoms with E-state index in [9.17, 15) is 14.9 Å². The fourth-order valence-corrected chi connectivity index (χ4v) is 4.85. The van der Waals surface area contributed by atoms with Gasteiger partial charge >= 0.3 is 0 Å². The highest BCUT2D eigenvalue weighted by atomic mass is 16.6. The Morgan fingerprint density at radius 1 is 0.966 bits per heavy atom. The molecule has 0 bridgehead atoms. The van der Waals surface area contributed by atoms with E-state index in [1.165, 1.54) is 38.8 Å². The summed E-state index contributed by atoms with van der Waals surface area (Å²) in [6, 6.07) is 7.20. The minimum Gasteiger partial charge on any atom is -0.368 e. The highest BCUT2D eigenvalue weighted by Gasteiger charge is 2.30. The Morgan fingerprint density at radius 3 is 2.31 bits per heavy atom. The minimum atomic E-state index is -0.379. The van der Waals surface area contributed by atoms with E-state index in [4.69, 9.17) is 0 Å². The van der Waals surface area contributed by atoms with E-state index in [1.807, 2.05) is 4.90 Å². The maximum Gasteiger partial charge on any atom is 0.269 e. The molecule has 29 heavy (non-hydrogen) atoms. The molecule has 3 heterocycles. The lowest BCUT2D eigenvalue weighted by Crippen LogP contribution is -2.52. The normalized spacial score (nSPS) is 23.7. The van der Waals surface area contributed by atoms with Gasteiger partial charge in [-0.15, -0.1) is 0 Å². The van der Waals surface area contributed by atoms with Crippen LogP contribution in [-0.2, 0) is 4.79 Å². The highest BCUT2D eigenvalue weighted by molar-refractivity contribution is 5.78. The molecule has 0 N–H and O–H groups in total. The van der Waals surface area contributed by atoms with E-state index in [0.717, 1.165) is 31.9 Å². The summed E-state index contributed by atoms with van der Waals surface area (Å²) < 4.78 is 0. The SMILES string of the molecule is O=C(CN1CCCC1CN1CCCC1)N1CCN(c2ccc([N+](=O)[O-])cc2)CC1. The van der Waals surface area contributed by atoms with Crippen LogP contribution >= 0.6 is 0 Å². The van der Waals surface area contributed by atoms with Gasteiger partial charge in [-0.1, -0.05) is 0 Å². The van der Waals surface area contributed by atoms with Crippen molar-refractivity contribution in [2.75, 3.05) is 63.8 Å². The number of benzene rings is 1. The summed E-state index contributed by atoms with van der Waals surface area (Å²) in [4.78, 5) is 32.4. The van der Waals surface area contributed by atoms with Gasteiger partial charge in [0.05, 0.1) is 11.5 Å². The van der Waals surface area contributed by atoms with Crippen molar-refractivity contribution in [3.63, 3.8) is 0 Å². The Morgan fingerprint density at radius 2 is 1.66 bits per heavy atom. The zero-order valence-electron chi connectivity index (χ0n) is 17.0. The van der Waals surface area contributed by atoms with Crippen molar-refractivity contribution >= 4 is 17.3 Å². The number of carbonyl (C=O) groups is 1. The molecule has 1 aromatic rings. The standard InChI is InChI=1S/C21H31N5O3/c27-21(17-25-11-3-4-20(25)16-22-9-1-2-10-22)24-14-12-23(13-15-24)18-5-7-19(8-6-18)26(28)29/h5-8,20H,1-4,9-17H2. The summed E-state index contributed by atoms with van der Waals surface area (Å²) in [5.41, 5.74) is 1.09. The summed E-state index contributed by atoms with van der Waals surface area (Å²) >= 11 is 0. The third-order valence-electron chi connectivity index (χ3n) is 6.56. The summed E-state index contributed by atoms with van der Waals surface area (Å²) in [6.45, 7) is 8.05. The van der Waals surface area contributed by atoms with E-state index < -0.39 is 0 Å². The second-order valence-electron chi connectivity index (χ2n) is 8.42. The molecule has 0 aromatic heterocycles. The third-order valence-corrected chi connectivity index (χ3v) is 6.56. The van der Waals surface area contributed by atoms with Gasteiger partial charge < -0.3 is 14.7 Å². The molecule has 0 radical (unpaired) electrons. The summed E-state index contributed by atoms with van der Waals surface area (Å²) in [7, 11) is 0. The molecular formula is C21H31N5O3. The fraction of sp³-hybridized carbons (Fsp3) is 0.667.